The zero-order chi connectivity index (χ0) is 23.6. The number of nitrogens with zero attached hydrogens (tertiary/aromatic N) is 1. The van der Waals surface area contributed by atoms with Crippen LogP contribution >= 0.6 is 0 Å². The van der Waals surface area contributed by atoms with Crippen molar-refractivity contribution >= 4 is 22.7 Å². The van der Waals surface area contributed by atoms with Crippen molar-refractivity contribution in [3.05, 3.63) is 107 Å². The van der Waals surface area contributed by atoms with Crippen LogP contribution in [-0.2, 0) is 21.4 Å². The van der Waals surface area contributed by atoms with Crippen molar-refractivity contribution in [2.75, 3.05) is 13.1 Å². The number of imide groups is 1. The van der Waals surface area contributed by atoms with E-state index in [9.17, 15) is 9.59 Å². The Labute approximate surface area is 204 Å². The van der Waals surface area contributed by atoms with Crippen LogP contribution in [0.2, 0.25) is 0 Å². The third-order valence-electron chi connectivity index (χ3n) is 8.61. The molecule has 0 aliphatic carbocycles. The summed E-state index contributed by atoms with van der Waals surface area (Å²) >= 11 is 0. The number of rotatable bonds is 2. The van der Waals surface area contributed by atoms with Gasteiger partial charge >= 0.3 is 0 Å². The van der Waals surface area contributed by atoms with Gasteiger partial charge in [-0.2, -0.15) is 0 Å². The summed E-state index contributed by atoms with van der Waals surface area (Å²) in [6.45, 7) is 1.58. The number of carbonyl (C=O) groups is 2. The molecule has 3 atom stereocenters. The summed E-state index contributed by atoms with van der Waals surface area (Å²) in [7, 11) is 0. The van der Waals surface area contributed by atoms with Crippen LogP contribution in [0, 0.1) is 11.8 Å². The van der Waals surface area contributed by atoms with Crippen LogP contribution in [0.15, 0.2) is 84.9 Å². The Kier molecular flexibility index (Phi) is 4.52. The van der Waals surface area contributed by atoms with E-state index in [-0.39, 0.29) is 29.7 Å². The molecule has 4 heterocycles. The van der Waals surface area contributed by atoms with Crippen LogP contribution in [0.1, 0.15) is 34.8 Å². The topological polar surface area (TPSA) is 65.2 Å². The van der Waals surface area contributed by atoms with Gasteiger partial charge in [0, 0.05) is 29.7 Å². The molecule has 0 saturated carbocycles. The normalized spacial score (nSPS) is 25.4. The van der Waals surface area contributed by atoms with E-state index in [1.54, 1.807) is 0 Å². The largest absolute Gasteiger partial charge is 0.357 e. The standard InChI is InChI=1S/C30H27N3O2/c34-28-23-18-33-16-15-22-21-13-7-8-14-25(21)31-27(22)26(33)17-24(23)30(29(35)32-28,19-9-3-1-4-10-19)20-11-5-2-6-12-20/h1-14,23-24,26,31H,15-18H2,(H,32,34,35)/t23-,24-,26-/m0/s1. The van der Waals surface area contributed by atoms with Gasteiger partial charge in [-0.05, 0) is 41.5 Å². The minimum atomic E-state index is -0.920. The van der Waals surface area contributed by atoms with Crippen molar-refractivity contribution in [2.45, 2.75) is 24.3 Å². The molecule has 0 radical (unpaired) electrons. The first-order valence-corrected chi connectivity index (χ1v) is 12.5. The number of hydrogen-bond acceptors (Lipinski definition) is 3. The fraction of sp³-hybridized carbons (Fsp3) is 0.267. The smallest absolute Gasteiger partial charge is 0.241 e. The lowest BCUT2D eigenvalue weighted by Gasteiger charge is -2.54. The van der Waals surface area contributed by atoms with Gasteiger partial charge in [0.05, 0.1) is 12.0 Å². The van der Waals surface area contributed by atoms with Crippen LogP contribution in [0.5, 0.6) is 0 Å². The van der Waals surface area contributed by atoms with Gasteiger partial charge in [-0.25, -0.2) is 0 Å². The van der Waals surface area contributed by atoms with Crippen LogP contribution < -0.4 is 5.32 Å². The van der Waals surface area contributed by atoms with Crippen LogP contribution in [-0.4, -0.2) is 34.8 Å². The Hall–Kier alpha value is -3.70. The second kappa shape index (κ2) is 7.65. The van der Waals surface area contributed by atoms with Crippen molar-refractivity contribution in [1.82, 2.24) is 15.2 Å². The van der Waals surface area contributed by atoms with Gasteiger partial charge in [0.2, 0.25) is 11.8 Å². The zero-order valence-electron chi connectivity index (χ0n) is 19.4. The molecule has 5 nitrogen and oxygen atoms in total. The molecule has 0 spiro atoms. The van der Waals surface area contributed by atoms with E-state index in [2.05, 4.69) is 39.5 Å². The number of piperidine rings is 2. The molecule has 4 aromatic rings. The van der Waals surface area contributed by atoms with E-state index in [0.29, 0.717) is 6.54 Å². The highest BCUT2D eigenvalue weighted by Crippen LogP contribution is 2.53. The van der Waals surface area contributed by atoms with E-state index in [1.165, 1.54) is 16.6 Å². The van der Waals surface area contributed by atoms with Gasteiger partial charge in [0.15, 0.2) is 0 Å². The average Bonchev–Trinajstić information content (AvgIpc) is 3.29. The Morgan fingerprint density at radius 3 is 2.20 bits per heavy atom. The Bertz CT molecular complexity index is 1400. The fourth-order valence-electron chi connectivity index (χ4n) is 7.11. The molecule has 2 fully saturated rings. The summed E-state index contributed by atoms with van der Waals surface area (Å²) in [5, 5.41) is 4.08. The Morgan fingerprint density at radius 1 is 0.829 bits per heavy atom. The van der Waals surface area contributed by atoms with E-state index >= 15 is 0 Å². The highest BCUT2D eigenvalue weighted by atomic mass is 16.2. The van der Waals surface area contributed by atoms with Crippen molar-refractivity contribution in [3.63, 3.8) is 0 Å². The number of carbonyl (C=O) groups excluding carboxylic acids is 2. The number of benzene rings is 3. The van der Waals surface area contributed by atoms with E-state index in [4.69, 9.17) is 0 Å². The third-order valence-corrected chi connectivity index (χ3v) is 8.61. The Balaban J connectivity index is 1.43. The van der Waals surface area contributed by atoms with Crippen LogP contribution in [0.25, 0.3) is 10.9 Å². The summed E-state index contributed by atoms with van der Waals surface area (Å²) < 4.78 is 0. The maximum Gasteiger partial charge on any atom is 0.241 e. The van der Waals surface area contributed by atoms with Gasteiger partial charge in [0.25, 0.3) is 0 Å². The molecule has 2 saturated heterocycles. The number of H-pyrrole nitrogens is 1. The first-order valence-electron chi connectivity index (χ1n) is 12.5. The number of fused-ring (bicyclic) bond motifs is 6. The molecule has 7 rings (SSSR count). The average molecular weight is 462 g/mol. The summed E-state index contributed by atoms with van der Waals surface area (Å²) in [5.74, 6) is -0.742. The number of aromatic amines is 1. The van der Waals surface area contributed by atoms with Gasteiger partial charge in [-0.1, -0.05) is 78.9 Å². The lowest BCUT2D eigenvalue weighted by atomic mass is 9.56. The monoisotopic (exact) mass is 461 g/mol. The highest BCUT2D eigenvalue weighted by molar-refractivity contribution is 6.07. The lowest BCUT2D eigenvalue weighted by Crippen LogP contribution is -2.66. The summed E-state index contributed by atoms with van der Waals surface area (Å²) in [6, 6.07) is 28.7. The molecule has 3 aromatic carbocycles. The number of nitrogens with one attached hydrogen (secondary N) is 2. The number of hydrogen-bond donors (Lipinski definition) is 2. The van der Waals surface area contributed by atoms with Gasteiger partial charge in [-0.3, -0.25) is 19.8 Å². The molecular weight excluding hydrogens is 434 g/mol. The molecular formula is C30H27N3O2. The lowest BCUT2D eigenvalue weighted by molar-refractivity contribution is -0.148. The molecule has 0 bridgehead atoms. The molecule has 2 N–H and O–H groups in total. The Morgan fingerprint density at radius 2 is 1.49 bits per heavy atom. The fourth-order valence-corrected chi connectivity index (χ4v) is 7.11. The first-order chi connectivity index (χ1) is 17.2. The van der Waals surface area contributed by atoms with Crippen molar-refractivity contribution in [3.8, 4) is 0 Å². The molecule has 3 aliphatic heterocycles. The first kappa shape index (κ1) is 20.7. The number of para-hydroxylation sites is 1. The number of aromatic nitrogens is 1. The second-order valence-electron chi connectivity index (χ2n) is 10.1. The molecule has 35 heavy (non-hydrogen) atoms. The summed E-state index contributed by atoms with van der Waals surface area (Å²) in [4.78, 5) is 33.4. The number of amides is 2. The van der Waals surface area contributed by atoms with E-state index < -0.39 is 5.41 Å². The van der Waals surface area contributed by atoms with Crippen LogP contribution in [0.4, 0.5) is 0 Å². The van der Waals surface area contributed by atoms with Gasteiger partial charge in [0.1, 0.15) is 5.41 Å². The van der Waals surface area contributed by atoms with Crippen molar-refractivity contribution < 1.29 is 9.59 Å². The van der Waals surface area contributed by atoms with E-state index in [0.717, 1.165) is 36.0 Å². The predicted molar refractivity (Wildman–Crippen MR) is 135 cm³/mol. The van der Waals surface area contributed by atoms with E-state index in [1.807, 2.05) is 60.7 Å². The van der Waals surface area contributed by atoms with Crippen molar-refractivity contribution in [2.24, 2.45) is 11.8 Å². The molecule has 3 aliphatic rings. The van der Waals surface area contributed by atoms with Gasteiger partial charge < -0.3 is 4.98 Å². The van der Waals surface area contributed by atoms with Crippen molar-refractivity contribution in [1.29, 1.82) is 0 Å². The molecule has 1 aromatic heterocycles. The third kappa shape index (κ3) is 2.85. The van der Waals surface area contributed by atoms with Crippen LogP contribution in [0.3, 0.4) is 0 Å². The minimum Gasteiger partial charge on any atom is -0.357 e. The molecule has 5 heteroatoms. The maximum atomic E-state index is 14.0. The minimum absolute atomic E-state index is 0.136. The maximum absolute atomic E-state index is 14.0. The zero-order valence-corrected chi connectivity index (χ0v) is 19.4. The molecule has 174 valence electrons. The SMILES string of the molecule is O=C1NC(=O)C(c2ccccc2)(c2ccccc2)[C@H]2C[C@H]3c4[nH]c5ccccc5c4CCN3C[C@H]12. The molecule has 0 unspecified atom stereocenters. The predicted octanol–water partition coefficient (Wildman–Crippen LogP) is 4.35. The molecule has 2 amide bonds. The second-order valence-corrected chi connectivity index (χ2v) is 10.1. The highest BCUT2D eigenvalue weighted by Gasteiger charge is 2.60. The summed E-state index contributed by atoms with van der Waals surface area (Å²) in [5.41, 5.74) is 4.79. The summed E-state index contributed by atoms with van der Waals surface area (Å²) in [6.07, 6.45) is 1.71. The quantitative estimate of drug-likeness (QED) is 0.437. The van der Waals surface area contributed by atoms with Gasteiger partial charge in [-0.15, -0.1) is 0 Å².